The van der Waals surface area contributed by atoms with Crippen molar-refractivity contribution >= 4 is 38.8 Å². The standard InChI is InChI=1S/C18H14F6OSe2/c1-11(25)16(27-15-8-4-13(5-9-15)18(22,23)24)10-26-14-6-2-12(3-7-14)17(19,20)21/h2-11,25H,1H3/b16-10-. The van der Waals surface area contributed by atoms with Crippen LogP contribution in [0.25, 0.3) is 0 Å². The third kappa shape index (κ3) is 6.70. The van der Waals surface area contributed by atoms with Gasteiger partial charge < -0.3 is 0 Å². The summed E-state index contributed by atoms with van der Waals surface area (Å²) in [6.45, 7) is 1.56. The molecule has 0 saturated heterocycles. The number of aliphatic hydroxyl groups excluding tert-OH is 1. The first-order chi connectivity index (χ1) is 12.5. The number of hydrogen-bond donors (Lipinski definition) is 1. The topological polar surface area (TPSA) is 20.2 Å². The monoisotopic (exact) mass is 520 g/mol. The summed E-state index contributed by atoms with van der Waals surface area (Å²) in [5, 5.41) is 9.91. The first-order valence-electron chi connectivity index (χ1n) is 7.54. The number of rotatable bonds is 5. The second-order valence-electron chi connectivity index (χ2n) is 5.46. The molecule has 0 fully saturated rings. The van der Waals surface area contributed by atoms with Crippen molar-refractivity contribution in [2.45, 2.75) is 25.4 Å². The van der Waals surface area contributed by atoms with E-state index in [1.54, 1.807) is 11.9 Å². The molecule has 0 aliphatic carbocycles. The van der Waals surface area contributed by atoms with E-state index in [4.69, 9.17) is 0 Å². The predicted molar refractivity (Wildman–Crippen MR) is 93.4 cm³/mol. The van der Waals surface area contributed by atoms with Gasteiger partial charge in [-0.3, -0.25) is 0 Å². The molecule has 0 radical (unpaired) electrons. The van der Waals surface area contributed by atoms with E-state index in [0.717, 1.165) is 24.3 Å². The van der Waals surface area contributed by atoms with Crippen LogP contribution in [-0.4, -0.2) is 41.1 Å². The van der Waals surface area contributed by atoms with Crippen molar-refractivity contribution in [3.8, 4) is 0 Å². The molecule has 1 nitrogen and oxygen atoms in total. The van der Waals surface area contributed by atoms with Gasteiger partial charge in [0.2, 0.25) is 0 Å². The van der Waals surface area contributed by atoms with Crippen LogP contribution in [0.4, 0.5) is 26.3 Å². The molecule has 0 aliphatic heterocycles. The molecule has 2 rings (SSSR count). The Morgan fingerprint density at radius 1 is 0.815 bits per heavy atom. The first kappa shape index (κ1) is 22.1. The molecule has 2 aromatic rings. The number of benzene rings is 2. The molecular formula is C18H14F6OSe2. The zero-order valence-corrected chi connectivity index (χ0v) is 17.2. The molecule has 0 aliphatic rings. The van der Waals surface area contributed by atoms with E-state index in [2.05, 4.69) is 0 Å². The summed E-state index contributed by atoms with van der Waals surface area (Å²) in [6, 6.07) is 9.56. The molecular weight excluding hydrogens is 504 g/mol. The van der Waals surface area contributed by atoms with Crippen molar-refractivity contribution in [1.82, 2.24) is 0 Å². The molecule has 1 unspecified atom stereocenters. The van der Waals surface area contributed by atoms with Gasteiger partial charge in [-0.15, -0.1) is 0 Å². The molecule has 27 heavy (non-hydrogen) atoms. The Morgan fingerprint density at radius 2 is 1.22 bits per heavy atom. The van der Waals surface area contributed by atoms with Gasteiger partial charge in [-0.2, -0.15) is 0 Å². The molecule has 9 heteroatoms. The maximum absolute atomic E-state index is 12.6. The average molecular weight is 518 g/mol. The van der Waals surface area contributed by atoms with Crippen LogP contribution in [0, 0.1) is 0 Å². The van der Waals surface area contributed by atoms with E-state index in [0.29, 0.717) is 13.4 Å². The second-order valence-corrected chi connectivity index (χ2v) is 9.84. The molecule has 1 atom stereocenters. The summed E-state index contributed by atoms with van der Waals surface area (Å²) in [7, 11) is 0. The van der Waals surface area contributed by atoms with E-state index in [-0.39, 0.29) is 29.9 Å². The quantitative estimate of drug-likeness (QED) is 0.476. The normalized spacial score (nSPS) is 14.3. The molecule has 2 aromatic carbocycles. The van der Waals surface area contributed by atoms with E-state index < -0.39 is 29.6 Å². The Bertz CT molecular complexity index is 777. The summed E-state index contributed by atoms with van der Waals surface area (Å²) in [5.74, 6) is 0. The van der Waals surface area contributed by atoms with Gasteiger partial charge in [-0.25, -0.2) is 0 Å². The summed E-state index contributed by atoms with van der Waals surface area (Å²) in [5.41, 5.74) is -1.46. The molecule has 0 spiro atoms. The van der Waals surface area contributed by atoms with Crippen LogP contribution < -0.4 is 8.92 Å². The molecule has 0 aromatic heterocycles. The van der Waals surface area contributed by atoms with Crippen molar-refractivity contribution in [2.75, 3.05) is 0 Å². The van der Waals surface area contributed by atoms with Crippen molar-refractivity contribution in [3.05, 3.63) is 69.1 Å². The minimum atomic E-state index is -4.40. The summed E-state index contributed by atoms with van der Waals surface area (Å²) < 4.78 is 77.6. The third-order valence-corrected chi connectivity index (χ3v) is 8.52. The van der Waals surface area contributed by atoms with Crippen molar-refractivity contribution in [1.29, 1.82) is 0 Å². The van der Waals surface area contributed by atoms with Gasteiger partial charge in [0.15, 0.2) is 0 Å². The van der Waals surface area contributed by atoms with Crippen LogP contribution in [0.1, 0.15) is 18.1 Å². The number of aliphatic hydroxyl groups is 1. The predicted octanol–water partition coefficient (Wildman–Crippen LogP) is 3.31. The van der Waals surface area contributed by atoms with Gasteiger partial charge in [-0.05, 0) is 0 Å². The van der Waals surface area contributed by atoms with Gasteiger partial charge in [-0.1, -0.05) is 0 Å². The zero-order chi connectivity index (χ0) is 20.2. The average Bonchev–Trinajstić information content (AvgIpc) is 2.57. The fourth-order valence-corrected chi connectivity index (χ4v) is 6.11. The van der Waals surface area contributed by atoms with Gasteiger partial charge >= 0.3 is 165 Å². The van der Waals surface area contributed by atoms with E-state index >= 15 is 0 Å². The summed E-state index contributed by atoms with van der Waals surface area (Å²) in [4.78, 5) is 1.78. The van der Waals surface area contributed by atoms with Crippen LogP contribution in [0.15, 0.2) is 58.0 Å². The van der Waals surface area contributed by atoms with E-state index in [1.807, 2.05) is 0 Å². The Balaban J connectivity index is 2.10. The summed E-state index contributed by atoms with van der Waals surface area (Å²) >= 11 is -0.684. The SMILES string of the molecule is CC(O)/C(=C/[Se]c1ccc(C(F)(F)F)cc1)[Se]c1ccc(C(F)(F)F)cc1. The molecule has 0 heterocycles. The molecule has 0 amide bonds. The first-order valence-corrected chi connectivity index (χ1v) is 11.1. The second kappa shape index (κ2) is 8.84. The van der Waals surface area contributed by atoms with Gasteiger partial charge in [0.25, 0.3) is 0 Å². The van der Waals surface area contributed by atoms with Gasteiger partial charge in [0, 0.05) is 0 Å². The molecule has 146 valence electrons. The fraction of sp³-hybridized carbons (Fsp3) is 0.222. The van der Waals surface area contributed by atoms with Crippen LogP contribution in [-0.2, 0) is 12.4 Å². The van der Waals surface area contributed by atoms with Gasteiger partial charge in [0.05, 0.1) is 0 Å². The van der Waals surface area contributed by atoms with Crippen LogP contribution in [0.5, 0.6) is 0 Å². The molecule has 0 saturated carbocycles. The Morgan fingerprint density at radius 3 is 1.59 bits per heavy atom. The third-order valence-electron chi connectivity index (χ3n) is 3.32. The van der Waals surface area contributed by atoms with Crippen molar-refractivity contribution in [3.63, 3.8) is 0 Å². The minimum absolute atomic E-state index is 0.301. The van der Waals surface area contributed by atoms with Crippen LogP contribution >= 0.6 is 0 Å². The van der Waals surface area contributed by atoms with Crippen molar-refractivity contribution in [2.24, 2.45) is 0 Å². The Kier molecular flexibility index (Phi) is 7.22. The van der Waals surface area contributed by atoms with Gasteiger partial charge in [0.1, 0.15) is 0 Å². The molecule has 1 N–H and O–H groups in total. The maximum atomic E-state index is 12.6. The number of halogens is 6. The fourth-order valence-electron chi connectivity index (χ4n) is 1.90. The van der Waals surface area contributed by atoms with E-state index in [9.17, 15) is 31.4 Å². The number of hydrogen-bond acceptors (Lipinski definition) is 1. The number of alkyl halides is 6. The van der Waals surface area contributed by atoms with Crippen LogP contribution in [0.2, 0.25) is 0 Å². The van der Waals surface area contributed by atoms with Crippen molar-refractivity contribution < 1.29 is 31.4 Å². The Labute approximate surface area is 164 Å². The molecule has 0 bridgehead atoms. The zero-order valence-electron chi connectivity index (χ0n) is 13.8. The Hall–Kier alpha value is -1.24. The van der Waals surface area contributed by atoms with Crippen LogP contribution in [0.3, 0.4) is 0 Å². The summed E-state index contributed by atoms with van der Waals surface area (Å²) in [6.07, 6.45) is -9.58. The van der Waals surface area contributed by atoms with E-state index in [1.165, 1.54) is 24.3 Å².